The second-order valence-corrected chi connectivity index (χ2v) is 8.68. The fraction of sp³-hybridized carbons (Fsp3) is 0.913. The lowest BCUT2D eigenvalue weighted by molar-refractivity contribution is 0.239. The van der Waals surface area contributed by atoms with E-state index in [0.717, 1.165) is 23.7 Å². The standard InChI is InChI=1S/C23H42/c1-3-5-6-9-21-16-18-23(19-17-21)11-8-7-10-22-14-12-20(4-2)13-15-22/h4,20-23H,2-3,5-19H2,1H3/t20?,21-,22?,23-. The first-order chi connectivity index (χ1) is 11.3. The maximum Gasteiger partial charge on any atom is -0.0236 e. The van der Waals surface area contributed by atoms with Gasteiger partial charge in [0.2, 0.25) is 0 Å². The van der Waals surface area contributed by atoms with Crippen LogP contribution >= 0.6 is 0 Å². The van der Waals surface area contributed by atoms with Gasteiger partial charge in [-0.2, -0.15) is 0 Å². The zero-order chi connectivity index (χ0) is 16.3. The maximum absolute atomic E-state index is 3.96. The molecule has 2 saturated carbocycles. The third-order valence-corrected chi connectivity index (χ3v) is 6.88. The first-order valence-electron chi connectivity index (χ1n) is 10.9. The minimum absolute atomic E-state index is 0.832. The average Bonchev–Trinajstić information content (AvgIpc) is 2.61. The molecule has 0 N–H and O–H groups in total. The molecule has 2 rings (SSSR count). The zero-order valence-corrected chi connectivity index (χ0v) is 15.9. The van der Waals surface area contributed by atoms with Crippen LogP contribution in [0.5, 0.6) is 0 Å². The molecule has 2 fully saturated rings. The first-order valence-corrected chi connectivity index (χ1v) is 10.9. The van der Waals surface area contributed by atoms with Gasteiger partial charge in [0.15, 0.2) is 0 Å². The highest BCUT2D eigenvalue weighted by Crippen LogP contribution is 2.36. The monoisotopic (exact) mass is 318 g/mol. The summed E-state index contributed by atoms with van der Waals surface area (Å²) in [7, 11) is 0. The molecule has 0 heterocycles. The van der Waals surface area contributed by atoms with E-state index < -0.39 is 0 Å². The molecule has 0 aliphatic heterocycles. The van der Waals surface area contributed by atoms with Gasteiger partial charge in [-0.05, 0) is 49.4 Å². The van der Waals surface area contributed by atoms with Crippen LogP contribution in [0.4, 0.5) is 0 Å². The number of allylic oxidation sites excluding steroid dienone is 1. The lowest BCUT2D eigenvalue weighted by atomic mass is 9.77. The van der Waals surface area contributed by atoms with Crippen LogP contribution in [0.1, 0.15) is 110 Å². The summed E-state index contributed by atoms with van der Waals surface area (Å²) in [6, 6.07) is 0. The summed E-state index contributed by atoms with van der Waals surface area (Å²) < 4.78 is 0. The van der Waals surface area contributed by atoms with Gasteiger partial charge in [-0.25, -0.2) is 0 Å². The topological polar surface area (TPSA) is 0 Å². The number of rotatable bonds is 10. The molecular weight excluding hydrogens is 276 g/mol. The van der Waals surface area contributed by atoms with Gasteiger partial charge in [0, 0.05) is 0 Å². The zero-order valence-electron chi connectivity index (χ0n) is 15.9. The maximum atomic E-state index is 3.96. The molecule has 23 heavy (non-hydrogen) atoms. The average molecular weight is 319 g/mol. The van der Waals surface area contributed by atoms with E-state index in [2.05, 4.69) is 19.6 Å². The minimum Gasteiger partial charge on any atom is -0.103 e. The van der Waals surface area contributed by atoms with Crippen LogP contribution < -0.4 is 0 Å². The molecule has 134 valence electrons. The van der Waals surface area contributed by atoms with Crippen LogP contribution in [-0.4, -0.2) is 0 Å². The van der Waals surface area contributed by atoms with Crippen molar-refractivity contribution in [1.29, 1.82) is 0 Å². The molecule has 0 aromatic rings. The normalized spacial score (nSPS) is 31.9. The third kappa shape index (κ3) is 7.44. The van der Waals surface area contributed by atoms with Crippen LogP contribution in [-0.2, 0) is 0 Å². The van der Waals surface area contributed by atoms with Gasteiger partial charge in [0.1, 0.15) is 0 Å². The predicted octanol–water partition coefficient (Wildman–Crippen LogP) is 7.93. The van der Waals surface area contributed by atoms with Crippen molar-refractivity contribution >= 4 is 0 Å². The van der Waals surface area contributed by atoms with Crippen molar-refractivity contribution in [3.05, 3.63) is 12.7 Å². The highest BCUT2D eigenvalue weighted by molar-refractivity contribution is 4.84. The molecule has 0 aromatic heterocycles. The Balaban J connectivity index is 1.46. The Morgan fingerprint density at radius 1 is 0.652 bits per heavy atom. The lowest BCUT2D eigenvalue weighted by Gasteiger charge is -2.29. The molecule has 0 radical (unpaired) electrons. The second-order valence-electron chi connectivity index (χ2n) is 8.68. The quantitative estimate of drug-likeness (QED) is 0.283. The van der Waals surface area contributed by atoms with Crippen LogP contribution in [0.2, 0.25) is 0 Å². The third-order valence-electron chi connectivity index (χ3n) is 6.88. The predicted molar refractivity (Wildman–Crippen MR) is 104 cm³/mol. The van der Waals surface area contributed by atoms with Gasteiger partial charge in [0.05, 0.1) is 0 Å². The van der Waals surface area contributed by atoms with Crippen LogP contribution in [0.25, 0.3) is 0 Å². The van der Waals surface area contributed by atoms with Crippen molar-refractivity contribution in [3.63, 3.8) is 0 Å². The molecular formula is C23H42. The molecule has 0 heteroatoms. The summed E-state index contributed by atoms with van der Waals surface area (Å²) >= 11 is 0. The Hall–Kier alpha value is -0.260. The molecule has 0 unspecified atom stereocenters. The Bertz CT molecular complexity index is 289. The van der Waals surface area contributed by atoms with Crippen LogP contribution in [0.15, 0.2) is 12.7 Å². The number of unbranched alkanes of at least 4 members (excludes halogenated alkanes) is 3. The molecule has 2 aliphatic rings. The van der Waals surface area contributed by atoms with E-state index in [9.17, 15) is 0 Å². The van der Waals surface area contributed by atoms with E-state index in [4.69, 9.17) is 0 Å². The van der Waals surface area contributed by atoms with E-state index >= 15 is 0 Å². The van der Waals surface area contributed by atoms with Gasteiger partial charge in [0.25, 0.3) is 0 Å². The molecule has 0 saturated heterocycles. The highest BCUT2D eigenvalue weighted by Gasteiger charge is 2.21. The van der Waals surface area contributed by atoms with Crippen LogP contribution in [0.3, 0.4) is 0 Å². The number of hydrogen-bond acceptors (Lipinski definition) is 0. The SMILES string of the molecule is C=CC1CCC(CCCC[C@H]2CC[C@H](CCCCC)CC2)CC1. The summed E-state index contributed by atoms with van der Waals surface area (Å²) in [5.74, 6) is 4.03. The summed E-state index contributed by atoms with van der Waals surface area (Å²) in [6.45, 7) is 6.28. The summed E-state index contributed by atoms with van der Waals surface area (Å²) in [5.41, 5.74) is 0. The van der Waals surface area contributed by atoms with E-state index in [-0.39, 0.29) is 0 Å². The van der Waals surface area contributed by atoms with E-state index in [1.165, 1.54) is 77.0 Å². The molecule has 0 aromatic carbocycles. The fourth-order valence-electron chi connectivity index (χ4n) is 5.07. The highest BCUT2D eigenvalue weighted by atomic mass is 14.3. The Morgan fingerprint density at radius 3 is 1.43 bits per heavy atom. The summed E-state index contributed by atoms with van der Waals surface area (Å²) in [5, 5.41) is 0. The summed E-state index contributed by atoms with van der Waals surface area (Å²) in [4.78, 5) is 0. The van der Waals surface area contributed by atoms with E-state index in [1.807, 2.05) is 0 Å². The van der Waals surface area contributed by atoms with Gasteiger partial charge in [-0.1, -0.05) is 90.0 Å². The van der Waals surface area contributed by atoms with Crippen molar-refractivity contribution in [2.75, 3.05) is 0 Å². The Kier molecular flexibility index (Phi) is 9.39. The molecule has 0 bridgehead atoms. The van der Waals surface area contributed by atoms with E-state index in [1.54, 1.807) is 25.7 Å². The Morgan fingerprint density at radius 2 is 1.04 bits per heavy atom. The minimum atomic E-state index is 0.832. The van der Waals surface area contributed by atoms with Crippen molar-refractivity contribution in [3.8, 4) is 0 Å². The summed E-state index contributed by atoms with van der Waals surface area (Å²) in [6.07, 6.45) is 26.0. The Labute approximate surface area is 146 Å². The van der Waals surface area contributed by atoms with Crippen molar-refractivity contribution in [2.45, 2.75) is 110 Å². The van der Waals surface area contributed by atoms with Gasteiger partial charge in [-0.15, -0.1) is 6.58 Å². The number of hydrogen-bond donors (Lipinski definition) is 0. The molecule has 2 aliphatic carbocycles. The smallest absolute Gasteiger partial charge is 0.0236 e. The first kappa shape index (κ1) is 19.1. The largest absolute Gasteiger partial charge is 0.103 e. The van der Waals surface area contributed by atoms with Crippen molar-refractivity contribution in [2.24, 2.45) is 23.7 Å². The van der Waals surface area contributed by atoms with Crippen molar-refractivity contribution in [1.82, 2.24) is 0 Å². The van der Waals surface area contributed by atoms with Crippen molar-refractivity contribution < 1.29 is 0 Å². The lowest BCUT2D eigenvalue weighted by Crippen LogP contribution is -2.15. The van der Waals surface area contributed by atoms with Crippen LogP contribution in [0, 0.1) is 23.7 Å². The van der Waals surface area contributed by atoms with E-state index in [0.29, 0.717) is 0 Å². The van der Waals surface area contributed by atoms with Gasteiger partial charge >= 0.3 is 0 Å². The molecule has 0 amide bonds. The second kappa shape index (κ2) is 11.3. The molecule has 0 nitrogen and oxygen atoms in total. The van der Waals surface area contributed by atoms with Gasteiger partial charge < -0.3 is 0 Å². The fourth-order valence-corrected chi connectivity index (χ4v) is 5.07. The molecule has 0 atom stereocenters. The van der Waals surface area contributed by atoms with Gasteiger partial charge in [-0.3, -0.25) is 0 Å². The molecule has 0 spiro atoms.